The van der Waals surface area contributed by atoms with E-state index in [0.717, 1.165) is 71.9 Å². The summed E-state index contributed by atoms with van der Waals surface area (Å²) < 4.78 is 33.0. The highest BCUT2D eigenvalue weighted by Crippen LogP contribution is 2.42. The lowest BCUT2D eigenvalue weighted by Crippen LogP contribution is -1.98. The molecule has 0 N–H and O–H groups in total. The maximum atomic E-state index is 9.73. The largest absolute Gasteiger partial charge is 0.309 e. The number of fused-ring (bicyclic) bond motifs is 6. The van der Waals surface area contributed by atoms with Crippen LogP contribution in [0.15, 0.2) is 194 Å². The Kier molecular flexibility index (Phi) is 5.84. The molecule has 0 aliphatic rings. The van der Waals surface area contributed by atoms with Gasteiger partial charge in [0.2, 0.25) is 0 Å². The molecule has 8 aromatic carbocycles. The van der Waals surface area contributed by atoms with Crippen molar-refractivity contribution in [1.82, 2.24) is 9.13 Å². The second-order valence-electron chi connectivity index (χ2n) is 12.7. The zero-order valence-electron chi connectivity index (χ0n) is 30.1. The second kappa shape index (κ2) is 11.5. The number of hydrogen-bond donors (Lipinski definition) is 0. The molecule has 0 unspecified atom stereocenters. The molecule has 50 heavy (non-hydrogen) atoms. The van der Waals surface area contributed by atoms with Crippen LogP contribution in [0.3, 0.4) is 0 Å². The highest BCUT2D eigenvalue weighted by Gasteiger charge is 2.20. The van der Waals surface area contributed by atoms with Gasteiger partial charge in [0, 0.05) is 38.4 Å². The predicted molar refractivity (Wildman–Crippen MR) is 211 cm³/mol. The van der Waals surface area contributed by atoms with Gasteiger partial charge in [0.25, 0.3) is 0 Å². The minimum atomic E-state index is 0.0463. The lowest BCUT2D eigenvalue weighted by atomic mass is 9.99. The number of rotatable bonds is 5. The summed E-state index contributed by atoms with van der Waals surface area (Å²) in [6.45, 7) is 0. The Hall–Kier alpha value is -6.64. The van der Waals surface area contributed by atoms with Crippen molar-refractivity contribution in [3.05, 3.63) is 194 Å². The van der Waals surface area contributed by atoms with Crippen molar-refractivity contribution < 1.29 is 4.11 Å². The van der Waals surface area contributed by atoms with E-state index in [0.29, 0.717) is 16.5 Å². The number of hydrogen-bond acceptors (Lipinski definition) is 0. The van der Waals surface area contributed by atoms with Gasteiger partial charge >= 0.3 is 0 Å². The monoisotopic (exact) mass is 639 g/mol. The quantitative estimate of drug-likeness (QED) is 0.177. The molecule has 234 valence electrons. The van der Waals surface area contributed by atoms with E-state index < -0.39 is 0 Å². The SMILES string of the molecule is [2H]c1c(-c2ccc3c(c2)c2cccc(-c4ccccc4)c2n3-c2ccccc2-c2ccccc2)c([2H])c2c3ccccc3n(-c3ccccc3)c2c1[2H]. The first kappa shape index (κ1) is 25.4. The van der Waals surface area contributed by atoms with Crippen molar-refractivity contribution in [3.8, 4) is 44.8 Å². The highest BCUT2D eigenvalue weighted by atomic mass is 15.0. The molecule has 10 aromatic rings. The number of para-hydroxylation sites is 4. The van der Waals surface area contributed by atoms with Crippen LogP contribution in [0.25, 0.3) is 88.4 Å². The first-order valence-corrected chi connectivity index (χ1v) is 17.0. The Morgan fingerprint density at radius 1 is 0.360 bits per heavy atom. The van der Waals surface area contributed by atoms with Crippen LogP contribution in [0.5, 0.6) is 0 Å². The van der Waals surface area contributed by atoms with E-state index in [1.165, 1.54) is 0 Å². The van der Waals surface area contributed by atoms with Crippen molar-refractivity contribution in [2.75, 3.05) is 0 Å². The van der Waals surface area contributed by atoms with Crippen LogP contribution in [0, 0.1) is 0 Å². The molecule has 0 aliphatic carbocycles. The normalized spacial score (nSPS) is 12.4. The van der Waals surface area contributed by atoms with Crippen molar-refractivity contribution in [2.24, 2.45) is 0 Å². The molecule has 0 saturated heterocycles. The van der Waals surface area contributed by atoms with E-state index in [4.69, 9.17) is 0 Å². The zero-order valence-corrected chi connectivity index (χ0v) is 27.1. The van der Waals surface area contributed by atoms with Gasteiger partial charge in [-0.05, 0) is 70.7 Å². The molecule has 0 spiro atoms. The average molecular weight is 640 g/mol. The number of nitrogens with zero attached hydrogens (tertiary/aromatic N) is 2. The van der Waals surface area contributed by atoms with Crippen LogP contribution in [-0.4, -0.2) is 9.13 Å². The Balaban J connectivity index is 1.29. The molecule has 0 fully saturated rings. The van der Waals surface area contributed by atoms with E-state index in [9.17, 15) is 4.11 Å². The Labute approximate surface area is 294 Å². The van der Waals surface area contributed by atoms with E-state index in [-0.39, 0.29) is 18.1 Å². The zero-order chi connectivity index (χ0) is 35.6. The lowest BCUT2D eigenvalue weighted by molar-refractivity contribution is 1.18. The van der Waals surface area contributed by atoms with Crippen molar-refractivity contribution in [1.29, 1.82) is 0 Å². The molecule has 0 atom stereocenters. The summed E-state index contributed by atoms with van der Waals surface area (Å²) >= 11 is 0. The summed E-state index contributed by atoms with van der Waals surface area (Å²) in [4.78, 5) is 0. The van der Waals surface area contributed by atoms with E-state index >= 15 is 0 Å². The smallest absolute Gasteiger partial charge is 0.0645 e. The Bertz CT molecular complexity index is 3020. The third-order valence-corrected chi connectivity index (χ3v) is 9.84. The van der Waals surface area contributed by atoms with Crippen LogP contribution in [-0.2, 0) is 0 Å². The maximum Gasteiger partial charge on any atom is 0.0645 e. The van der Waals surface area contributed by atoms with E-state index in [1.807, 2.05) is 77.4 Å². The molecular formula is C48H32N2. The summed E-state index contributed by atoms with van der Waals surface area (Å²) in [7, 11) is 0. The average Bonchev–Trinajstić information content (AvgIpc) is 3.75. The highest BCUT2D eigenvalue weighted by molar-refractivity contribution is 6.16. The number of benzene rings is 8. The van der Waals surface area contributed by atoms with Crippen LogP contribution >= 0.6 is 0 Å². The first-order valence-electron chi connectivity index (χ1n) is 18.5. The molecule has 10 rings (SSSR count). The first-order chi connectivity index (χ1) is 26.1. The van der Waals surface area contributed by atoms with Crippen LogP contribution < -0.4 is 0 Å². The fourth-order valence-corrected chi connectivity index (χ4v) is 7.61. The van der Waals surface area contributed by atoms with Gasteiger partial charge < -0.3 is 9.13 Å². The predicted octanol–water partition coefficient (Wildman–Crippen LogP) is 12.9. The van der Waals surface area contributed by atoms with Crippen LogP contribution in [0.4, 0.5) is 0 Å². The summed E-state index contributed by atoms with van der Waals surface area (Å²) in [5.74, 6) is 0. The van der Waals surface area contributed by atoms with Gasteiger partial charge in [-0.15, -0.1) is 0 Å². The molecule has 0 radical (unpaired) electrons. The molecule has 0 amide bonds. The molecule has 0 bridgehead atoms. The van der Waals surface area contributed by atoms with Crippen molar-refractivity contribution in [3.63, 3.8) is 0 Å². The van der Waals surface area contributed by atoms with Crippen LogP contribution in [0.1, 0.15) is 4.11 Å². The van der Waals surface area contributed by atoms with Crippen molar-refractivity contribution >= 4 is 43.6 Å². The molecule has 2 heteroatoms. The summed E-state index contributed by atoms with van der Waals surface area (Å²) in [6, 6.07) is 60.7. The fourth-order valence-electron chi connectivity index (χ4n) is 7.61. The second-order valence-corrected chi connectivity index (χ2v) is 12.7. The lowest BCUT2D eigenvalue weighted by Gasteiger charge is -2.16. The molecule has 2 aromatic heterocycles. The Morgan fingerprint density at radius 2 is 0.980 bits per heavy atom. The standard InChI is InChI=1S/C48H32N2/c1-4-15-33(16-5-1)38-21-10-12-25-44(38)50-47-30-28-36(32-43(47)41-24-14-23-39(48(41)50)34-17-6-2-7-18-34)35-27-29-46-42(31-35)40-22-11-13-26-45(40)49(46)37-19-8-3-9-20-37/h1-32H/i27D,29D,31D. The summed E-state index contributed by atoms with van der Waals surface area (Å²) in [6.07, 6.45) is 0. The van der Waals surface area contributed by atoms with E-state index in [1.54, 1.807) is 0 Å². The minimum absolute atomic E-state index is 0.0463. The molecule has 2 nitrogen and oxygen atoms in total. The van der Waals surface area contributed by atoms with Gasteiger partial charge in [0.05, 0.1) is 31.9 Å². The maximum absolute atomic E-state index is 9.73. The summed E-state index contributed by atoms with van der Waals surface area (Å²) in [5.41, 5.74) is 11.3. The van der Waals surface area contributed by atoms with E-state index in [2.05, 4.69) is 108 Å². The molecule has 0 saturated carbocycles. The van der Waals surface area contributed by atoms with Crippen LogP contribution in [0.2, 0.25) is 0 Å². The minimum Gasteiger partial charge on any atom is -0.309 e. The fraction of sp³-hybridized carbons (Fsp3) is 0. The number of aromatic nitrogens is 2. The topological polar surface area (TPSA) is 9.86 Å². The van der Waals surface area contributed by atoms with Gasteiger partial charge in [-0.25, -0.2) is 0 Å². The molecule has 0 aliphatic heterocycles. The van der Waals surface area contributed by atoms with Crippen molar-refractivity contribution in [2.45, 2.75) is 0 Å². The van der Waals surface area contributed by atoms with Gasteiger partial charge in [0.15, 0.2) is 0 Å². The van der Waals surface area contributed by atoms with Gasteiger partial charge in [-0.2, -0.15) is 0 Å². The van der Waals surface area contributed by atoms with Gasteiger partial charge in [-0.1, -0.05) is 146 Å². The third kappa shape index (κ3) is 4.43. The Morgan fingerprint density at radius 3 is 1.78 bits per heavy atom. The molecule has 2 heterocycles. The van der Waals surface area contributed by atoms with Gasteiger partial charge in [-0.3, -0.25) is 0 Å². The third-order valence-electron chi connectivity index (χ3n) is 9.84. The molecular weight excluding hydrogens is 605 g/mol. The summed E-state index contributed by atoms with van der Waals surface area (Å²) in [5, 5.41) is 3.69. The van der Waals surface area contributed by atoms with Gasteiger partial charge in [0.1, 0.15) is 0 Å².